The molecule has 6 nitrogen and oxygen atoms in total. The average Bonchev–Trinajstić information content (AvgIpc) is 2.63. The van der Waals surface area contributed by atoms with Crippen molar-refractivity contribution in [3.05, 3.63) is 46.8 Å². The summed E-state index contributed by atoms with van der Waals surface area (Å²) in [6.45, 7) is 7.26. The normalized spacial score (nSPS) is 20.5. The topological polar surface area (TPSA) is 63.7 Å². The van der Waals surface area contributed by atoms with E-state index in [0.29, 0.717) is 15.9 Å². The van der Waals surface area contributed by atoms with Crippen molar-refractivity contribution in [1.82, 2.24) is 4.98 Å². The van der Waals surface area contributed by atoms with E-state index in [1.165, 1.54) is 18.2 Å². The van der Waals surface area contributed by atoms with E-state index < -0.39 is 6.10 Å². The molecular weight excluding hydrogens is 429 g/mol. The van der Waals surface area contributed by atoms with E-state index in [1.807, 2.05) is 26.0 Å². The van der Waals surface area contributed by atoms with Gasteiger partial charge in [0.15, 0.2) is 6.10 Å². The second kappa shape index (κ2) is 8.87. The van der Waals surface area contributed by atoms with Crippen molar-refractivity contribution in [2.45, 2.75) is 39.1 Å². The number of ether oxygens (including phenoxy) is 2. The van der Waals surface area contributed by atoms with Crippen LogP contribution < -0.4 is 15.0 Å². The minimum absolute atomic E-state index is 0.147. The summed E-state index contributed by atoms with van der Waals surface area (Å²) in [6, 6.07) is 7.73. The number of hydrogen-bond acceptors (Lipinski definition) is 5. The second-order valence-corrected chi connectivity index (χ2v) is 7.75. The quantitative estimate of drug-likeness (QED) is 0.743. The van der Waals surface area contributed by atoms with Gasteiger partial charge in [0.1, 0.15) is 17.4 Å². The van der Waals surface area contributed by atoms with Gasteiger partial charge in [-0.25, -0.2) is 9.37 Å². The molecular formula is C20H23BrFN3O3. The molecule has 1 N–H and O–H groups in total. The van der Waals surface area contributed by atoms with E-state index in [2.05, 4.69) is 31.1 Å². The highest BCUT2D eigenvalue weighted by Crippen LogP contribution is 2.26. The Hall–Kier alpha value is -2.19. The Morgan fingerprint density at radius 2 is 2.04 bits per heavy atom. The van der Waals surface area contributed by atoms with Gasteiger partial charge in [-0.3, -0.25) is 4.79 Å². The highest BCUT2D eigenvalue weighted by molar-refractivity contribution is 9.10. The van der Waals surface area contributed by atoms with Crippen LogP contribution in [0.1, 0.15) is 20.8 Å². The molecule has 1 aliphatic heterocycles. The molecule has 3 unspecified atom stereocenters. The van der Waals surface area contributed by atoms with Crippen LogP contribution in [-0.2, 0) is 9.53 Å². The maximum Gasteiger partial charge on any atom is 0.265 e. The molecule has 8 heteroatoms. The van der Waals surface area contributed by atoms with Crippen LogP contribution in [0.5, 0.6) is 5.75 Å². The van der Waals surface area contributed by atoms with Crippen molar-refractivity contribution in [2.75, 3.05) is 23.3 Å². The van der Waals surface area contributed by atoms with Crippen molar-refractivity contribution in [3.8, 4) is 5.75 Å². The maximum absolute atomic E-state index is 13.2. The number of hydrogen-bond donors (Lipinski definition) is 1. The average molecular weight is 452 g/mol. The lowest BCUT2D eigenvalue weighted by atomic mass is 10.2. The largest absolute Gasteiger partial charge is 0.480 e. The number of amides is 1. The molecule has 1 aliphatic rings. The Morgan fingerprint density at radius 1 is 1.32 bits per heavy atom. The van der Waals surface area contributed by atoms with Gasteiger partial charge >= 0.3 is 0 Å². The number of benzene rings is 1. The van der Waals surface area contributed by atoms with Gasteiger partial charge in [-0.2, -0.15) is 0 Å². The standard InChI is InChI=1S/C20H23BrFN3O3/c1-12-10-25(11-13(2)27-12)19-7-5-16(9-23-19)24-20(26)14(3)28-18-6-4-15(22)8-17(18)21/h4-9,12-14H,10-11H2,1-3H3,(H,24,26). The summed E-state index contributed by atoms with van der Waals surface area (Å²) in [4.78, 5) is 19.0. The lowest BCUT2D eigenvalue weighted by Crippen LogP contribution is -2.45. The highest BCUT2D eigenvalue weighted by Gasteiger charge is 2.23. The van der Waals surface area contributed by atoms with E-state index in [0.717, 1.165) is 18.9 Å². The zero-order chi connectivity index (χ0) is 20.3. The molecule has 1 aromatic heterocycles. The number of morpholine rings is 1. The van der Waals surface area contributed by atoms with Crippen molar-refractivity contribution in [1.29, 1.82) is 0 Å². The van der Waals surface area contributed by atoms with Crippen molar-refractivity contribution in [3.63, 3.8) is 0 Å². The molecule has 1 aromatic carbocycles. The van der Waals surface area contributed by atoms with Crippen LogP contribution in [0.3, 0.4) is 0 Å². The van der Waals surface area contributed by atoms with Crippen LogP contribution in [-0.4, -0.2) is 42.3 Å². The van der Waals surface area contributed by atoms with Crippen LogP contribution in [0.2, 0.25) is 0 Å². The molecule has 1 amide bonds. The van der Waals surface area contributed by atoms with Crippen molar-refractivity contribution < 1.29 is 18.7 Å². The Bertz CT molecular complexity index is 824. The third kappa shape index (κ3) is 5.20. The summed E-state index contributed by atoms with van der Waals surface area (Å²) < 4.78 is 25.0. The van der Waals surface area contributed by atoms with Crippen molar-refractivity contribution >= 4 is 33.3 Å². The number of carbonyl (C=O) groups excluding carboxylic acids is 1. The molecule has 0 spiro atoms. The molecule has 0 bridgehead atoms. The number of aromatic nitrogens is 1. The molecule has 0 radical (unpaired) electrons. The maximum atomic E-state index is 13.2. The fourth-order valence-electron chi connectivity index (χ4n) is 3.07. The van der Waals surface area contributed by atoms with Crippen LogP contribution in [0, 0.1) is 5.82 Å². The van der Waals surface area contributed by atoms with Gasteiger partial charge in [-0.15, -0.1) is 0 Å². The van der Waals surface area contributed by atoms with Gasteiger partial charge < -0.3 is 19.7 Å². The van der Waals surface area contributed by atoms with Gasteiger partial charge in [-0.1, -0.05) is 0 Å². The fraction of sp³-hybridized carbons (Fsp3) is 0.400. The summed E-state index contributed by atoms with van der Waals surface area (Å²) in [5.41, 5.74) is 0.580. The third-order valence-electron chi connectivity index (χ3n) is 4.33. The lowest BCUT2D eigenvalue weighted by molar-refractivity contribution is -0.122. The number of carbonyl (C=O) groups is 1. The smallest absolute Gasteiger partial charge is 0.265 e. The lowest BCUT2D eigenvalue weighted by Gasteiger charge is -2.36. The molecule has 0 saturated carbocycles. The molecule has 3 atom stereocenters. The highest BCUT2D eigenvalue weighted by atomic mass is 79.9. The molecule has 0 aliphatic carbocycles. The number of halogens is 2. The second-order valence-electron chi connectivity index (χ2n) is 6.89. The molecule has 1 saturated heterocycles. The number of anilines is 2. The number of nitrogens with one attached hydrogen (secondary N) is 1. The van der Waals surface area contributed by atoms with Crippen LogP contribution in [0.4, 0.5) is 15.9 Å². The minimum atomic E-state index is -0.762. The van der Waals surface area contributed by atoms with E-state index in [1.54, 1.807) is 13.1 Å². The van der Waals surface area contributed by atoms with Gasteiger partial charge in [0.05, 0.1) is 28.6 Å². The van der Waals surface area contributed by atoms with Gasteiger partial charge in [0, 0.05) is 13.1 Å². The van der Waals surface area contributed by atoms with Crippen LogP contribution >= 0.6 is 15.9 Å². The molecule has 1 fully saturated rings. The zero-order valence-corrected chi connectivity index (χ0v) is 17.6. The third-order valence-corrected chi connectivity index (χ3v) is 4.95. The van der Waals surface area contributed by atoms with Gasteiger partial charge in [0.25, 0.3) is 5.91 Å². The van der Waals surface area contributed by atoms with E-state index in [-0.39, 0.29) is 23.9 Å². The summed E-state index contributed by atoms with van der Waals surface area (Å²) in [5, 5.41) is 2.78. The predicted molar refractivity (Wildman–Crippen MR) is 109 cm³/mol. The Morgan fingerprint density at radius 3 is 2.64 bits per heavy atom. The SMILES string of the molecule is CC1CN(c2ccc(NC(=O)C(C)Oc3ccc(F)cc3Br)cn2)CC(C)O1. The number of pyridine rings is 1. The summed E-state index contributed by atoms with van der Waals surface area (Å²) in [5.74, 6) is 0.540. The zero-order valence-electron chi connectivity index (χ0n) is 16.0. The first-order valence-electron chi connectivity index (χ1n) is 9.11. The number of rotatable bonds is 5. The Labute approximate surface area is 172 Å². The van der Waals surface area contributed by atoms with E-state index >= 15 is 0 Å². The number of nitrogens with zero attached hydrogens (tertiary/aromatic N) is 2. The molecule has 2 heterocycles. The molecule has 3 rings (SSSR count). The minimum Gasteiger partial charge on any atom is -0.480 e. The Balaban J connectivity index is 1.59. The van der Waals surface area contributed by atoms with Gasteiger partial charge in [-0.05, 0) is 67.0 Å². The molecule has 2 aromatic rings. The van der Waals surface area contributed by atoms with Crippen LogP contribution in [0.25, 0.3) is 0 Å². The Kier molecular flexibility index (Phi) is 6.51. The first-order valence-corrected chi connectivity index (χ1v) is 9.90. The van der Waals surface area contributed by atoms with Crippen LogP contribution in [0.15, 0.2) is 41.0 Å². The summed E-state index contributed by atoms with van der Waals surface area (Å²) in [7, 11) is 0. The predicted octanol–water partition coefficient (Wildman–Crippen LogP) is 4.00. The van der Waals surface area contributed by atoms with E-state index in [9.17, 15) is 9.18 Å². The van der Waals surface area contributed by atoms with Gasteiger partial charge in [0.2, 0.25) is 0 Å². The first-order chi connectivity index (χ1) is 13.3. The summed E-state index contributed by atoms with van der Waals surface area (Å²) in [6.07, 6.45) is 1.16. The fourth-order valence-corrected chi connectivity index (χ4v) is 3.51. The van der Waals surface area contributed by atoms with E-state index in [4.69, 9.17) is 9.47 Å². The van der Waals surface area contributed by atoms with Crippen molar-refractivity contribution in [2.24, 2.45) is 0 Å². The molecule has 28 heavy (non-hydrogen) atoms. The molecule has 150 valence electrons. The monoisotopic (exact) mass is 451 g/mol. The first kappa shape index (κ1) is 20.5. The summed E-state index contributed by atoms with van der Waals surface area (Å²) >= 11 is 3.23.